The number of hydrogen-bond acceptors (Lipinski definition) is 2. The molecule has 1 aromatic heterocycles. The maximum atomic E-state index is 12.5. The molecule has 0 saturated carbocycles. The zero-order valence-electron chi connectivity index (χ0n) is 12.8. The van der Waals surface area contributed by atoms with Gasteiger partial charge in [0.05, 0.1) is 11.0 Å². The number of para-hydroxylation sites is 2. The molecule has 0 spiro atoms. The van der Waals surface area contributed by atoms with Gasteiger partial charge in [-0.15, -0.1) is 0 Å². The first-order chi connectivity index (χ1) is 11.3. The fourth-order valence-corrected chi connectivity index (χ4v) is 3.00. The van der Waals surface area contributed by atoms with Crippen molar-refractivity contribution < 1.29 is 4.79 Å². The van der Waals surface area contributed by atoms with Crippen molar-refractivity contribution in [1.29, 1.82) is 0 Å². The maximum absolute atomic E-state index is 12.5. The van der Waals surface area contributed by atoms with Crippen molar-refractivity contribution >= 4 is 16.9 Å². The summed E-state index contributed by atoms with van der Waals surface area (Å²) in [4.78, 5) is 22.3. The quantitative estimate of drug-likeness (QED) is 0.785. The molecule has 115 valence electrons. The van der Waals surface area contributed by atoms with E-state index in [2.05, 4.69) is 16.4 Å². The van der Waals surface area contributed by atoms with Crippen molar-refractivity contribution in [2.75, 3.05) is 13.1 Å². The second-order valence-electron chi connectivity index (χ2n) is 5.84. The summed E-state index contributed by atoms with van der Waals surface area (Å²) in [5, 5.41) is 0. The lowest BCUT2D eigenvalue weighted by molar-refractivity contribution is 0.0742. The minimum absolute atomic E-state index is 0.120. The molecule has 1 aliphatic heterocycles. The van der Waals surface area contributed by atoms with E-state index in [0.29, 0.717) is 0 Å². The molecule has 2 heterocycles. The van der Waals surface area contributed by atoms with Crippen LogP contribution in [0.4, 0.5) is 0 Å². The summed E-state index contributed by atoms with van der Waals surface area (Å²) in [7, 11) is 0. The average Bonchev–Trinajstić information content (AvgIpc) is 3.06. The van der Waals surface area contributed by atoms with Crippen LogP contribution in [0.15, 0.2) is 48.5 Å². The molecule has 1 saturated heterocycles. The number of piperidine rings is 1. The lowest BCUT2D eigenvalue weighted by atomic mass is 10.1. The first kappa shape index (κ1) is 14.0. The molecule has 3 aromatic rings. The van der Waals surface area contributed by atoms with E-state index in [9.17, 15) is 4.79 Å². The predicted molar refractivity (Wildman–Crippen MR) is 91.0 cm³/mol. The molecular formula is C19H18N3O. The van der Waals surface area contributed by atoms with Gasteiger partial charge in [0.1, 0.15) is 5.82 Å². The molecule has 1 radical (unpaired) electrons. The summed E-state index contributed by atoms with van der Waals surface area (Å²) in [5.41, 5.74) is 3.70. The first-order valence-corrected chi connectivity index (χ1v) is 7.97. The molecule has 0 atom stereocenters. The Labute approximate surface area is 135 Å². The smallest absolute Gasteiger partial charge is 0.253 e. The summed E-state index contributed by atoms with van der Waals surface area (Å²) in [6.45, 7) is 1.65. The van der Waals surface area contributed by atoms with Gasteiger partial charge >= 0.3 is 0 Å². The van der Waals surface area contributed by atoms with E-state index < -0.39 is 0 Å². The topological polar surface area (TPSA) is 49.0 Å². The van der Waals surface area contributed by atoms with Crippen molar-refractivity contribution in [2.45, 2.75) is 12.8 Å². The Morgan fingerprint density at radius 1 is 1.00 bits per heavy atom. The summed E-state index contributed by atoms with van der Waals surface area (Å²) in [6, 6.07) is 15.7. The molecule has 4 rings (SSSR count). The fourth-order valence-electron chi connectivity index (χ4n) is 3.00. The van der Waals surface area contributed by atoms with Crippen molar-refractivity contribution in [1.82, 2.24) is 14.9 Å². The number of carbonyl (C=O) groups excluding carboxylic acids is 1. The van der Waals surface area contributed by atoms with Gasteiger partial charge in [0.2, 0.25) is 0 Å². The van der Waals surface area contributed by atoms with Gasteiger partial charge in [0.25, 0.3) is 5.91 Å². The number of nitrogens with zero attached hydrogens (tertiary/aromatic N) is 2. The van der Waals surface area contributed by atoms with E-state index in [1.807, 2.05) is 53.4 Å². The Balaban J connectivity index is 1.58. The monoisotopic (exact) mass is 304 g/mol. The molecule has 0 unspecified atom stereocenters. The van der Waals surface area contributed by atoms with E-state index in [1.54, 1.807) is 0 Å². The summed E-state index contributed by atoms with van der Waals surface area (Å²) >= 11 is 0. The number of aromatic amines is 1. The molecule has 0 bridgehead atoms. The second kappa shape index (κ2) is 5.88. The number of imidazole rings is 1. The van der Waals surface area contributed by atoms with Gasteiger partial charge in [-0.05, 0) is 43.5 Å². The first-order valence-electron chi connectivity index (χ1n) is 7.97. The molecule has 4 nitrogen and oxygen atoms in total. The van der Waals surface area contributed by atoms with Crippen LogP contribution in [-0.2, 0) is 0 Å². The molecule has 4 heteroatoms. The van der Waals surface area contributed by atoms with E-state index in [-0.39, 0.29) is 5.91 Å². The van der Waals surface area contributed by atoms with Crippen LogP contribution < -0.4 is 0 Å². The lowest BCUT2D eigenvalue weighted by Crippen LogP contribution is -2.35. The molecule has 1 N–H and O–H groups in total. The highest BCUT2D eigenvalue weighted by atomic mass is 16.2. The van der Waals surface area contributed by atoms with Crippen LogP contribution in [-0.4, -0.2) is 33.9 Å². The fraction of sp³-hybridized carbons (Fsp3) is 0.211. The van der Waals surface area contributed by atoms with Crippen LogP contribution in [0.5, 0.6) is 0 Å². The van der Waals surface area contributed by atoms with Crippen LogP contribution in [0.1, 0.15) is 23.2 Å². The minimum atomic E-state index is 0.120. The third-order valence-electron chi connectivity index (χ3n) is 4.29. The molecule has 23 heavy (non-hydrogen) atoms. The van der Waals surface area contributed by atoms with Crippen molar-refractivity contribution in [3.8, 4) is 11.4 Å². The Hall–Kier alpha value is -2.62. The van der Waals surface area contributed by atoms with Gasteiger partial charge in [-0.2, -0.15) is 0 Å². The normalized spacial score (nSPS) is 15.0. The minimum Gasteiger partial charge on any atom is -0.339 e. The van der Waals surface area contributed by atoms with Gasteiger partial charge in [-0.1, -0.05) is 24.3 Å². The number of benzene rings is 2. The average molecular weight is 304 g/mol. The van der Waals surface area contributed by atoms with Gasteiger partial charge in [-0.3, -0.25) is 4.79 Å². The summed E-state index contributed by atoms with van der Waals surface area (Å²) < 4.78 is 0. The van der Waals surface area contributed by atoms with Crippen molar-refractivity contribution in [3.63, 3.8) is 0 Å². The number of H-pyrrole nitrogens is 1. The van der Waals surface area contributed by atoms with Crippen molar-refractivity contribution in [2.24, 2.45) is 0 Å². The van der Waals surface area contributed by atoms with Crippen LogP contribution in [0, 0.1) is 6.42 Å². The molecule has 0 aliphatic carbocycles. The number of hydrogen-bond donors (Lipinski definition) is 1. The molecule has 2 aromatic carbocycles. The van der Waals surface area contributed by atoms with Gasteiger partial charge in [0, 0.05) is 24.2 Å². The Kier molecular flexibility index (Phi) is 3.58. The van der Waals surface area contributed by atoms with Gasteiger partial charge < -0.3 is 9.88 Å². The van der Waals surface area contributed by atoms with Crippen LogP contribution in [0.25, 0.3) is 22.4 Å². The van der Waals surface area contributed by atoms with Crippen LogP contribution >= 0.6 is 0 Å². The largest absolute Gasteiger partial charge is 0.339 e. The number of amides is 1. The zero-order chi connectivity index (χ0) is 15.6. The van der Waals surface area contributed by atoms with Crippen LogP contribution in [0.2, 0.25) is 0 Å². The third-order valence-corrected chi connectivity index (χ3v) is 4.29. The molecule has 1 amide bonds. The summed E-state index contributed by atoms with van der Waals surface area (Å²) in [5.74, 6) is 0.951. The Morgan fingerprint density at radius 3 is 2.48 bits per heavy atom. The second-order valence-corrected chi connectivity index (χ2v) is 5.84. The number of fused-ring (bicyclic) bond motifs is 1. The highest BCUT2D eigenvalue weighted by Gasteiger charge is 2.18. The van der Waals surface area contributed by atoms with Crippen LogP contribution in [0.3, 0.4) is 0 Å². The number of rotatable bonds is 2. The molecule has 1 aliphatic rings. The number of carbonyl (C=O) groups is 1. The van der Waals surface area contributed by atoms with E-state index >= 15 is 0 Å². The van der Waals surface area contributed by atoms with Gasteiger partial charge in [0.15, 0.2) is 0 Å². The van der Waals surface area contributed by atoms with Gasteiger partial charge in [-0.25, -0.2) is 4.98 Å². The predicted octanol–water partition coefficient (Wildman–Crippen LogP) is 3.67. The van der Waals surface area contributed by atoms with Crippen molar-refractivity contribution in [3.05, 3.63) is 60.5 Å². The summed E-state index contributed by atoms with van der Waals surface area (Å²) in [6.07, 6.45) is 4.22. The maximum Gasteiger partial charge on any atom is 0.253 e. The molecular weight excluding hydrogens is 286 g/mol. The van der Waals surface area contributed by atoms with E-state index in [0.717, 1.165) is 53.9 Å². The Morgan fingerprint density at radius 2 is 1.74 bits per heavy atom. The van der Waals surface area contributed by atoms with E-state index in [4.69, 9.17) is 0 Å². The molecule has 1 fully saturated rings. The van der Waals surface area contributed by atoms with E-state index in [1.165, 1.54) is 0 Å². The Bertz CT molecular complexity index is 796. The lowest BCUT2D eigenvalue weighted by Gasteiger charge is -2.26. The number of likely N-dealkylation sites (tertiary alicyclic amines) is 1. The SMILES string of the molecule is O=C(c1ccc(-c2nc3ccccc3[nH]2)cc1)N1CC[CH]CC1. The highest BCUT2D eigenvalue weighted by Crippen LogP contribution is 2.21. The number of aromatic nitrogens is 2. The number of nitrogens with one attached hydrogen (secondary N) is 1. The highest BCUT2D eigenvalue weighted by molar-refractivity contribution is 5.94. The third kappa shape index (κ3) is 2.72. The standard InChI is InChI=1S/C19H18N3O/c23-19(22-12-4-1-5-13-22)15-10-8-14(9-11-15)18-20-16-6-2-3-7-17(16)21-18/h1-3,6-11H,4-5,12-13H2,(H,20,21). The zero-order valence-corrected chi connectivity index (χ0v) is 12.8.